The van der Waals surface area contributed by atoms with Crippen LogP contribution in [0.2, 0.25) is 0 Å². The number of benzene rings is 3. The lowest BCUT2D eigenvalue weighted by atomic mass is 10.1. The van der Waals surface area contributed by atoms with Gasteiger partial charge >= 0.3 is 0 Å². The fraction of sp³-hybridized carbons (Fsp3) is 0.0526. The van der Waals surface area contributed by atoms with Crippen molar-refractivity contribution in [3.8, 4) is 0 Å². The van der Waals surface area contributed by atoms with Gasteiger partial charge in [0.05, 0.1) is 4.90 Å². The van der Waals surface area contributed by atoms with Crippen LogP contribution in [0.25, 0.3) is 21.7 Å². The Morgan fingerprint density at radius 3 is 2.45 bits per heavy atom. The Morgan fingerprint density at radius 2 is 1.64 bits per heavy atom. The molecule has 0 spiro atoms. The minimum Gasteiger partial charge on any atom is -0.459 e. The van der Waals surface area contributed by atoms with Gasteiger partial charge in [0.1, 0.15) is 17.2 Å². The zero-order chi connectivity index (χ0) is 15.1. The van der Waals surface area contributed by atoms with Crippen molar-refractivity contribution in [2.45, 2.75) is 16.7 Å². The molecule has 1 heterocycles. The van der Waals surface area contributed by atoms with Crippen LogP contribution in [0.15, 0.2) is 74.9 Å². The van der Waals surface area contributed by atoms with E-state index in [0.717, 1.165) is 31.9 Å². The second kappa shape index (κ2) is 5.18. The molecule has 3 aromatic carbocycles. The normalized spacial score (nSPS) is 11.4. The van der Waals surface area contributed by atoms with Gasteiger partial charge in [-0.2, -0.15) is 0 Å². The summed E-state index contributed by atoms with van der Waals surface area (Å²) in [5.41, 5.74) is 0.917. The third-order valence-electron chi connectivity index (χ3n) is 3.73. The molecule has 1 nitrogen and oxygen atoms in total. The quantitative estimate of drug-likeness (QED) is 0.438. The lowest BCUT2D eigenvalue weighted by Gasteiger charge is -2.01. The average molecular weight is 308 g/mol. The molecule has 0 aliphatic rings. The third-order valence-corrected chi connectivity index (χ3v) is 4.95. The van der Waals surface area contributed by atoms with Crippen molar-refractivity contribution in [2.75, 3.05) is 0 Å². The van der Waals surface area contributed by atoms with Crippen LogP contribution in [0.4, 0.5) is 4.39 Å². The van der Waals surface area contributed by atoms with Crippen molar-refractivity contribution in [1.82, 2.24) is 0 Å². The lowest BCUT2D eigenvalue weighted by Crippen LogP contribution is -1.77. The highest BCUT2D eigenvalue weighted by Crippen LogP contribution is 2.40. The van der Waals surface area contributed by atoms with Crippen molar-refractivity contribution in [3.63, 3.8) is 0 Å². The first-order chi connectivity index (χ1) is 10.7. The van der Waals surface area contributed by atoms with Crippen LogP contribution in [0.1, 0.15) is 5.76 Å². The smallest absolute Gasteiger partial charge is 0.143 e. The summed E-state index contributed by atoms with van der Waals surface area (Å²) in [4.78, 5) is 2.09. The molecule has 0 aliphatic carbocycles. The molecule has 3 heteroatoms. The predicted molar refractivity (Wildman–Crippen MR) is 89.0 cm³/mol. The van der Waals surface area contributed by atoms with Crippen LogP contribution in [-0.4, -0.2) is 0 Å². The van der Waals surface area contributed by atoms with Crippen molar-refractivity contribution in [2.24, 2.45) is 0 Å². The van der Waals surface area contributed by atoms with Crippen LogP contribution in [0.5, 0.6) is 0 Å². The summed E-state index contributed by atoms with van der Waals surface area (Å²) in [6.07, 6.45) is 0. The van der Waals surface area contributed by atoms with E-state index in [0.29, 0.717) is 0 Å². The van der Waals surface area contributed by atoms with Crippen LogP contribution in [0, 0.1) is 12.7 Å². The van der Waals surface area contributed by atoms with E-state index < -0.39 is 0 Å². The standard InChI is InChI=1S/C19H13FOS/c1-12-19(22-15-9-7-14(20)8-10-15)17-11-6-13-4-2-3-5-16(13)18(17)21-12/h2-11H,1H3. The molecule has 0 aliphatic heterocycles. The molecule has 0 amide bonds. The number of hydrogen-bond acceptors (Lipinski definition) is 2. The highest BCUT2D eigenvalue weighted by atomic mass is 32.2. The Bertz CT molecular complexity index is 970. The minimum atomic E-state index is -0.218. The number of furan rings is 1. The largest absolute Gasteiger partial charge is 0.459 e. The molecule has 0 unspecified atom stereocenters. The van der Waals surface area contributed by atoms with Crippen molar-refractivity contribution in [3.05, 3.63) is 72.2 Å². The van der Waals surface area contributed by atoms with Gasteiger partial charge in [0.15, 0.2) is 0 Å². The van der Waals surface area contributed by atoms with E-state index in [-0.39, 0.29) is 5.82 Å². The number of rotatable bonds is 2. The van der Waals surface area contributed by atoms with Crippen molar-refractivity contribution >= 4 is 33.5 Å². The zero-order valence-electron chi connectivity index (χ0n) is 12.0. The summed E-state index contributed by atoms with van der Waals surface area (Å²) < 4.78 is 19.1. The van der Waals surface area contributed by atoms with E-state index in [9.17, 15) is 4.39 Å². The van der Waals surface area contributed by atoms with Gasteiger partial charge in [0.25, 0.3) is 0 Å². The van der Waals surface area contributed by atoms with Crippen LogP contribution < -0.4 is 0 Å². The molecule has 4 rings (SSSR count). The van der Waals surface area contributed by atoms with E-state index in [1.807, 2.05) is 19.1 Å². The Hall–Kier alpha value is -2.26. The summed E-state index contributed by atoms with van der Waals surface area (Å²) in [6, 6.07) is 19.0. The first-order valence-electron chi connectivity index (χ1n) is 7.06. The van der Waals surface area contributed by atoms with Gasteiger partial charge in [-0.15, -0.1) is 0 Å². The second-order valence-corrected chi connectivity index (χ2v) is 6.29. The summed E-state index contributed by atoms with van der Waals surface area (Å²) in [5, 5.41) is 3.39. The number of fused-ring (bicyclic) bond motifs is 3. The molecular formula is C19H13FOS. The fourth-order valence-electron chi connectivity index (χ4n) is 2.67. The maximum absolute atomic E-state index is 13.0. The summed E-state index contributed by atoms with van der Waals surface area (Å²) in [6.45, 7) is 1.97. The van der Waals surface area contributed by atoms with E-state index in [2.05, 4.69) is 24.3 Å². The SMILES string of the molecule is Cc1oc2c(ccc3ccccc32)c1Sc1ccc(F)cc1. The fourth-order valence-corrected chi connectivity index (χ4v) is 3.63. The van der Waals surface area contributed by atoms with E-state index in [1.165, 1.54) is 17.5 Å². The average Bonchev–Trinajstić information content (AvgIpc) is 2.86. The Kier molecular flexibility index (Phi) is 3.16. The molecule has 22 heavy (non-hydrogen) atoms. The van der Waals surface area contributed by atoms with Crippen LogP contribution in [0.3, 0.4) is 0 Å². The minimum absolute atomic E-state index is 0.218. The Balaban J connectivity index is 1.89. The molecule has 0 radical (unpaired) electrons. The molecule has 1 aromatic heterocycles. The molecule has 0 saturated heterocycles. The summed E-state index contributed by atoms with van der Waals surface area (Å²) in [5.74, 6) is 0.671. The van der Waals surface area contributed by atoms with Gasteiger partial charge < -0.3 is 4.42 Å². The van der Waals surface area contributed by atoms with E-state index >= 15 is 0 Å². The second-order valence-electron chi connectivity index (χ2n) is 5.21. The van der Waals surface area contributed by atoms with E-state index in [1.54, 1.807) is 23.9 Å². The van der Waals surface area contributed by atoms with Crippen molar-refractivity contribution < 1.29 is 8.81 Å². The molecule has 108 valence electrons. The molecular weight excluding hydrogens is 295 g/mol. The number of halogens is 1. The van der Waals surface area contributed by atoms with E-state index in [4.69, 9.17) is 4.42 Å². The molecule has 0 bridgehead atoms. The molecule has 4 aromatic rings. The number of aryl methyl sites for hydroxylation is 1. The topological polar surface area (TPSA) is 13.1 Å². The van der Waals surface area contributed by atoms with Crippen LogP contribution >= 0.6 is 11.8 Å². The zero-order valence-corrected chi connectivity index (χ0v) is 12.8. The third kappa shape index (κ3) is 2.18. The van der Waals surface area contributed by atoms with Gasteiger partial charge in [0, 0.05) is 15.7 Å². The predicted octanol–water partition coefficient (Wildman–Crippen LogP) is 6.18. The van der Waals surface area contributed by atoms with Gasteiger partial charge in [-0.1, -0.05) is 42.1 Å². The maximum Gasteiger partial charge on any atom is 0.143 e. The molecule has 0 fully saturated rings. The lowest BCUT2D eigenvalue weighted by molar-refractivity contribution is 0.571. The van der Waals surface area contributed by atoms with Gasteiger partial charge in [0.2, 0.25) is 0 Å². The monoisotopic (exact) mass is 308 g/mol. The Labute approximate surface area is 131 Å². The van der Waals surface area contributed by atoms with Crippen LogP contribution in [-0.2, 0) is 0 Å². The highest BCUT2D eigenvalue weighted by Gasteiger charge is 2.14. The Morgan fingerprint density at radius 1 is 0.864 bits per heavy atom. The van der Waals surface area contributed by atoms with Gasteiger partial charge in [-0.05, 0) is 42.6 Å². The van der Waals surface area contributed by atoms with Crippen molar-refractivity contribution in [1.29, 1.82) is 0 Å². The maximum atomic E-state index is 13.0. The number of hydrogen-bond donors (Lipinski definition) is 0. The molecule has 0 atom stereocenters. The van der Waals surface area contributed by atoms with Gasteiger partial charge in [-0.3, -0.25) is 0 Å². The first kappa shape index (κ1) is 13.4. The first-order valence-corrected chi connectivity index (χ1v) is 7.88. The highest BCUT2D eigenvalue weighted by molar-refractivity contribution is 7.99. The summed E-state index contributed by atoms with van der Waals surface area (Å²) in [7, 11) is 0. The summed E-state index contributed by atoms with van der Waals surface area (Å²) >= 11 is 1.61. The molecule has 0 N–H and O–H groups in total. The van der Waals surface area contributed by atoms with Gasteiger partial charge in [-0.25, -0.2) is 4.39 Å². The molecule has 0 saturated carbocycles.